The van der Waals surface area contributed by atoms with Crippen molar-refractivity contribution in [3.05, 3.63) is 41.5 Å². The molecule has 45 heavy (non-hydrogen) atoms. The van der Waals surface area contributed by atoms with Crippen molar-refractivity contribution in [1.29, 1.82) is 0 Å². The van der Waals surface area contributed by atoms with Gasteiger partial charge in [0.2, 0.25) is 0 Å². The molecule has 2 radical (unpaired) electrons. The van der Waals surface area contributed by atoms with Crippen LogP contribution in [0.4, 0.5) is 22.4 Å². The van der Waals surface area contributed by atoms with E-state index in [1.54, 1.807) is 6.26 Å². The van der Waals surface area contributed by atoms with Crippen LogP contribution < -0.4 is 15.8 Å². The fourth-order valence-electron chi connectivity index (χ4n) is 6.79. The van der Waals surface area contributed by atoms with Crippen LogP contribution in [-0.2, 0) is 6.42 Å². The quantitative estimate of drug-likeness (QED) is 0.116. The molecule has 0 aliphatic heterocycles. The van der Waals surface area contributed by atoms with Crippen LogP contribution in [-0.4, -0.2) is 75.8 Å². The Morgan fingerprint density at radius 2 is 1.89 bits per heavy atom. The number of hydrogen-bond acceptors (Lipinski definition) is 5. The van der Waals surface area contributed by atoms with Gasteiger partial charge < -0.3 is 20.7 Å². The number of thioether (sulfide) groups is 1. The molecule has 5 unspecified atom stereocenters. The second-order valence-corrected chi connectivity index (χ2v) is 14.3. The van der Waals surface area contributed by atoms with E-state index in [1.807, 2.05) is 32.0 Å². The average molecular weight is 656 g/mol. The van der Waals surface area contributed by atoms with Crippen molar-refractivity contribution in [3.8, 4) is 5.75 Å². The number of carbonyl (C=O) groups excluding carboxylic acids is 1. The zero-order valence-corrected chi connectivity index (χ0v) is 28.9. The molecule has 11 heteroatoms. The van der Waals surface area contributed by atoms with E-state index < -0.39 is 18.2 Å². The zero-order chi connectivity index (χ0) is 34.0. The highest BCUT2D eigenvalue weighted by Crippen LogP contribution is 2.60. The summed E-state index contributed by atoms with van der Waals surface area (Å²) in [6.45, 7) is 11.6. The lowest BCUT2D eigenvalue weighted by atomic mass is 9.55. The second-order valence-electron chi connectivity index (χ2n) is 13.4. The van der Waals surface area contributed by atoms with Crippen molar-refractivity contribution in [2.75, 3.05) is 39.2 Å². The summed E-state index contributed by atoms with van der Waals surface area (Å²) in [5.74, 6) is -5.20. The minimum absolute atomic E-state index is 0.0426. The van der Waals surface area contributed by atoms with E-state index in [9.17, 15) is 22.4 Å². The fourth-order valence-corrected chi connectivity index (χ4v) is 7.23. The molecule has 3 aliphatic rings. The summed E-state index contributed by atoms with van der Waals surface area (Å²) in [4.78, 5) is 14.0. The molecule has 0 saturated heterocycles. The van der Waals surface area contributed by atoms with Gasteiger partial charge >= 0.3 is 6.09 Å². The molecule has 5 atom stereocenters. The number of likely N-dealkylation sites (N-methyl/N-ethyl adjacent to an activating group) is 1. The summed E-state index contributed by atoms with van der Waals surface area (Å²) < 4.78 is 54.1. The molecule has 0 aromatic heterocycles. The van der Waals surface area contributed by atoms with Crippen molar-refractivity contribution in [2.24, 2.45) is 23.0 Å². The highest BCUT2D eigenvalue weighted by atomic mass is 32.2. The number of halogens is 4. The number of nitrogens with two attached hydrogens (primary N) is 1. The largest absolute Gasteiger partial charge is 0.412 e. The van der Waals surface area contributed by atoms with Crippen LogP contribution in [0.2, 0.25) is 0 Å². The van der Waals surface area contributed by atoms with Gasteiger partial charge in [0.1, 0.15) is 5.75 Å². The minimum atomic E-state index is -4.40. The Morgan fingerprint density at radius 1 is 1.22 bits per heavy atom. The number of ether oxygens (including phenoxy) is 1. The molecule has 2 fully saturated rings. The van der Waals surface area contributed by atoms with E-state index in [0.29, 0.717) is 35.4 Å². The second kappa shape index (κ2) is 17.4. The number of benzene rings is 1. The predicted octanol–water partition coefficient (Wildman–Crippen LogP) is 8.02. The Hall–Kier alpha value is -1.72. The molecule has 0 spiro atoms. The Morgan fingerprint density at radius 3 is 2.47 bits per heavy atom. The maximum absolute atomic E-state index is 12.4. The number of aryl methyl sites for hydroxylation is 1. The third-order valence-corrected chi connectivity index (χ3v) is 10.4. The van der Waals surface area contributed by atoms with E-state index in [1.165, 1.54) is 60.6 Å². The fraction of sp³-hybridized carbons (Fsp3) is 0.735. The van der Waals surface area contributed by atoms with Gasteiger partial charge in [0.25, 0.3) is 11.7 Å². The van der Waals surface area contributed by atoms with Gasteiger partial charge in [0.15, 0.2) is 7.85 Å². The average Bonchev–Trinajstić information content (AvgIpc) is 3.26. The molecule has 3 aliphatic carbocycles. The third kappa shape index (κ3) is 11.2. The summed E-state index contributed by atoms with van der Waals surface area (Å²) in [5, 5.41) is 2.81. The van der Waals surface area contributed by atoms with Gasteiger partial charge in [-0.3, -0.25) is 0 Å². The van der Waals surface area contributed by atoms with Crippen LogP contribution in [0.15, 0.2) is 30.4 Å². The van der Waals surface area contributed by atoms with Crippen molar-refractivity contribution in [1.82, 2.24) is 10.2 Å². The Balaban J connectivity index is 0.000000346. The minimum Gasteiger partial charge on any atom is -0.410 e. The first-order valence-corrected chi connectivity index (χ1v) is 17.5. The number of carbonyl (C=O) groups is 1. The number of nitrogens with zero attached hydrogens (tertiary/aromatic N) is 1. The lowest BCUT2D eigenvalue weighted by molar-refractivity contribution is -0.161. The van der Waals surface area contributed by atoms with E-state index in [2.05, 4.69) is 45.7 Å². The molecule has 254 valence electrons. The molecule has 3 N–H and O–H groups in total. The smallest absolute Gasteiger partial charge is 0.410 e. The lowest BCUT2D eigenvalue weighted by Crippen LogP contribution is -2.46. The molecular formula is C34H54BF4N3O2S. The van der Waals surface area contributed by atoms with E-state index in [4.69, 9.17) is 10.5 Å². The molecule has 0 bridgehead atoms. The predicted molar refractivity (Wildman–Crippen MR) is 180 cm³/mol. The summed E-state index contributed by atoms with van der Waals surface area (Å²) in [6, 6.07) is 6.65. The number of rotatable bonds is 10. The highest BCUT2D eigenvalue weighted by Gasteiger charge is 2.53. The number of allylic oxidation sites excluding steroid dienone is 1. The lowest BCUT2D eigenvalue weighted by Gasteiger charge is -2.50. The molecular weight excluding hydrogens is 601 g/mol. The Kier molecular flexibility index (Phi) is 15.3. The molecule has 1 amide bonds. The number of nitrogens with one attached hydrogen (secondary N) is 1. The molecule has 4 rings (SSSR count). The SMILES string of the molecule is C=C(C)CC.CN(C)CCNC(=O)Oc1ccc2c(c1)CCC1C2CCC2(C)C(N)CCC12.[B]C(F)(F)C(F)(F)CCCSC. The van der Waals surface area contributed by atoms with Crippen molar-refractivity contribution >= 4 is 25.7 Å². The van der Waals surface area contributed by atoms with E-state index >= 15 is 0 Å². The molecule has 0 heterocycles. The topological polar surface area (TPSA) is 67.6 Å². The molecule has 2 saturated carbocycles. The molecule has 1 aromatic rings. The number of fused-ring (bicyclic) bond motifs is 5. The Bertz CT molecular complexity index is 1100. The number of hydrogen-bond donors (Lipinski definition) is 2. The van der Waals surface area contributed by atoms with Crippen molar-refractivity contribution in [2.45, 2.75) is 102 Å². The third-order valence-electron chi connectivity index (χ3n) is 9.74. The van der Waals surface area contributed by atoms with Crippen LogP contribution in [0.25, 0.3) is 0 Å². The zero-order valence-electron chi connectivity index (χ0n) is 28.1. The first-order chi connectivity index (χ1) is 21.0. The van der Waals surface area contributed by atoms with Crippen molar-refractivity contribution < 1.29 is 27.1 Å². The van der Waals surface area contributed by atoms with Gasteiger partial charge in [-0.25, -0.2) is 22.4 Å². The summed E-state index contributed by atoms with van der Waals surface area (Å²) in [7, 11) is 7.97. The van der Waals surface area contributed by atoms with Gasteiger partial charge in [-0.1, -0.05) is 25.5 Å². The molecule has 5 nitrogen and oxygen atoms in total. The standard InChI is InChI=1S/C23H35N3O2.C6H9BF4S.C5H10/c1-23-11-10-18-17-7-5-16(28-22(27)25-12-13-26(2)3)14-15(17)4-6-19(18)20(23)8-9-21(23)24;1-12-4-2-3-5(8,9)6(7,10)11;1-4-5(2)3/h5,7,14,18-21H,4,6,8-13,24H2,1-3H3,(H,25,27);2-4H2,1H3;2,4H2,1,3H3. The normalized spacial score (nSPS) is 25.4. The summed E-state index contributed by atoms with van der Waals surface area (Å²) in [5.41, 5.74) is 10.9. The van der Waals surface area contributed by atoms with Crippen LogP contribution in [0.5, 0.6) is 5.75 Å². The Labute approximate surface area is 274 Å². The number of amides is 1. The van der Waals surface area contributed by atoms with E-state index in [0.717, 1.165) is 31.2 Å². The van der Waals surface area contributed by atoms with Crippen LogP contribution in [0, 0.1) is 17.3 Å². The summed E-state index contributed by atoms with van der Waals surface area (Å²) in [6.07, 6.45) is 8.92. The number of alkyl halides is 4. The maximum atomic E-state index is 12.4. The van der Waals surface area contributed by atoms with Gasteiger partial charge in [-0.15, -0.1) is 6.58 Å². The maximum Gasteiger partial charge on any atom is 0.412 e. The molecule has 1 aromatic carbocycles. The van der Waals surface area contributed by atoms with Gasteiger partial charge in [-0.05, 0) is 131 Å². The van der Waals surface area contributed by atoms with Gasteiger partial charge in [0.05, 0.1) is 0 Å². The van der Waals surface area contributed by atoms with Crippen LogP contribution in [0.1, 0.15) is 89.2 Å². The van der Waals surface area contributed by atoms with E-state index in [-0.39, 0.29) is 12.5 Å². The van der Waals surface area contributed by atoms with Crippen LogP contribution >= 0.6 is 11.8 Å². The summed E-state index contributed by atoms with van der Waals surface area (Å²) >= 11 is 1.33. The first-order valence-electron chi connectivity index (χ1n) is 16.1. The highest BCUT2D eigenvalue weighted by molar-refractivity contribution is 7.98. The van der Waals surface area contributed by atoms with Gasteiger partial charge in [-0.2, -0.15) is 11.8 Å². The van der Waals surface area contributed by atoms with Crippen molar-refractivity contribution in [3.63, 3.8) is 0 Å². The van der Waals surface area contributed by atoms with Gasteiger partial charge in [0, 0.05) is 25.6 Å². The first kappa shape index (κ1) is 39.5. The van der Waals surface area contributed by atoms with Crippen LogP contribution in [0.3, 0.4) is 0 Å². The monoisotopic (exact) mass is 655 g/mol.